The van der Waals surface area contributed by atoms with Gasteiger partial charge in [0.2, 0.25) is 0 Å². The van der Waals surface area contributed by atoms with Gasteiger partial charge in [0.05, 0.1) is 12.5 Å². The topological polar surface area (TPSA) is 52.6 Å². The van der Waals surface area contributed by atoms with Gasteiger partial charge in [-0.05, 0) is 30.3 Å². The van der Waals surface area contributed by atoms with E-state index in [1.54, 1.807) is 25.3 Å². The van der Waals surface area contributed by atoms with Gasteiger partial charge in [0.15, 0.2) is 16.9 Å². The maximum Gasteiger partial charge on any atom is 0.193 e. The first kappa shape index (κ1) is 12.7. The van der Waals surface area contributed by atoms with Gasteiger partial charge in [-0.3, -0.25) is 4.79 Å². The summed E-state index contributed by atoms with van der Waals surface area (Å²) >= 11 is 0. The van der Waals surface area contributed by atoms with Crippen LogP contribution in [-0.2, 0) is 0 Å². The lowest BCUT2D eigenvalue weighted by Gasteiger charge is -2.03. The molecule has 4 rings (SSSR count). The second kappa shape index (κ2) is 4.77. The molecule has 0 aliphatic heterocycles. The highest BCUT2D eigenvalue weighted by Crippen LogP contribution is 2.29. The fourth-order valence-electron chi connectivity index (χ4n) is 2.49. The molecular formula is C18H12O4. The average Bonchev–Trinajstić information content (AvgIpc) is 2.98. The summed E-state index contributed by atoms with van der Waals surface area (Å²) < 4.78 is 16.7. The SMILES string of the molecule is COc1ccc2oc(-c3cc4ccccc4o3)cc(=O)c2c1. The molecular weight excluding hydrogens is 280 g/mol. The lowest BCUT2D eigenvalue weighted by atomic mass is 10.2. The van der Waals surface area contributed by atoms with Gasteiger partial charge in [0.1, 0.15) is 16.9 Å². The van der Waals surface area contributed by atoms with Crippen molar-refractivity contribution < 1.29 is 13.6 Å². The highest BCUT2D eigenvalue weighted by atomic mass is 16.5. The largest absolute Gasteiger partial charge is 0.497 e. The Morgan fingerprint density at radius 1 is 0.864 bits per heavy atom. The fourth-order valence-corrected chi connectivity index (χ4v) is 2.49. The van der Waals surface area contributed by atoms with Crippen LogP contribution in [-0.4, -0.2) is 7.11 Å². The standard InChI is InChI=1S/C18H12O4/c1-20-12-6-7-16-13(9-12)14(19)10-18(22-16)17-8-11-4-2-3-5-15(11)21-17/h2-10H,1H3. The van der Waals surface area contributed by atoms with Crippen LogP contribution in [0.4, 0.5) is 0 Å². The van der Waals surface area contributed by atoms with Crippen molar-refractivity contribution in [2.45, 2.75) is 0 Å². The molecule has 0 bridgehead atoms. The summed E-state index contributed by atoms with van der Waals surface area (Å²) in [6.07, 6.45) is 0. The molecule has 0 aliphatic carbocycles. The summed E-state index contributed by atoms with van der Waals surface area (Å²) in [6, 6.07) is 16.1. The van der Waals surface area contributed by atoms with E-state index in [0.717, 1.165) is 11.0 Å². The van der Waals surface area contributed by atoms with Crippen LogP contribution in [0.25, 0.3) is 33.5 Å². The van der Waals surface area contributed by atoms with E-state index < -0.39 is 0 Å². The molecule has 0 atom stereocenters. The van der Waals surface area contributed by atoms with Crippen molar-refractivity contribution in [1.82, 2.24) is 0 Å². The van der Waals surface area contributed by atoms with E-state index >= 15 is 0 Å². The maximum atomic E-state index is 12.3. The Labute approximate surface area is 125 Å². The van der Waals surface area contributed by atoms with Crippen LogP contribution >= 0.6 is 0 Å². The van der Waals surface area contributed by atoms with Crippen LogP contribution in [0, 0.1) is 0 Å². The van der Waals surface area contributed by atoms with E-state index in [1.807, 2.05) is 30.3 Å². The summed E-state index contributed by atoms with van der Waals surface area (Å²) in [5.74, 6) is 1.58. The van der Waals surface area contributed by atoms with Crippen molar-refractivity contribution in [3.8, 4) is 17.3 Å². The third-order valence-corrected chi connectivity index (χ3v) is 3.60. The zero-order chi connectivity index (χ0) is 15.1. The summed E-state index contributed by atoms with van der Waals surface area (Å²) in [7, 11) is 1.56. The van der Waals surface area contributed by atoms with Crippen LogP contribution < -0.4 is 10.2 Å². The number of fused-ring (bicyclic) bond motifs is 2. The molecule has 0 aliphatic rings. The monoisotopic (exact) mass is 292 g/mol. The minimum absolute atomic E-state index is 0.129. The third-order valence-electron chi connectivity index (χ3n) is 3.60. The Kier molecular flexibility index (Phi) is 2.76. The predicted molar refractivity (Wildman–Crippen MR) is 84.2 cm³/mol. The van der Waals surface area contributed by atoms with Gasteiger partial charge in [-0.2, -0.15) is 0 Å². The summed E-state index contributed by atoms with van der Waals surface area (Å²) in [4.78, 5) is 12.3. The first-order valence-electron chi connectivity index (χ1n) is 6.85. The number of methoxy groups -OCH3 is 1. The molecule has 0 radical (unpaired) electrons. The van der Waals surface area contributed by atoms with Gasteiger partial charge in [0, 0.05) is 11.5 Å². The first-order chi connectivity index (χ1) is 10.7. The number of furan rings is 1. The Hall–Kier alpha value is -3.01. The zero-order valence-electron chi connectivity index (χ0n) is 11.8. The van der Waals surface area contributed by atoms with E-state index in [4.69, 9.17) is 13.6 Å². The van der Waals surface area contributed by atoms with Gasteiger partial charge in [-0.25, -0.2) is 0 Å². The predicted octanol–water partition coefficient (Wildman–Crippen LogP) is 4.21. The molecule has 2 aromatic carbocycles. The number of rotatable bonds is 2. The molecule has 4 nitrogen and oxygen atoms in total. The van der Waals surface area contributed by atoms with Crippen LogP contribution in [0.5, 0.6) is 5.75 Å². The minimum atomic E-state index is -0.129. The number of ether oxygens (including phenoxy) is 1. The number of para-hydroxylation sites is 1. The molecule has 4 heteroatoms. The number of hydrogen-bond acceptors (Lipinski definition) is 4. The third kappa shape index (κ3) is 1.97. The van der Waals surface area contributed by atoms with Gasteiger partial charge in [-0.15, -0.1) is 0 Å². The summed E-state index contributed by atoms with van der Waals surface area (Å²) in [5.41, 5.74) is 1.13. The van der Waals surface area contributed by atoms with Gasteiger partial charge in [-0.1, -0.05) is 18.2 Å². The van der Waals surface area contributed by atoms with Crippen molar-refractivity contribution in [1.29, 1.82) is 0 Å². The van der Waals surface area contributed by atoms with E-state index in [-0.39, 0.29) is 5.43 Å². The van der Waals surface area contributed by atoms with Crippen molar-refractivity contribution in [2.24, 2.45) is 0 Å². The number of benzene rings is 2. The normalized spacial score (nSPS) is 11.1. The smallest absolute Gasteiger partial charge is 0.193 e. The average molecular weight is 292 g/mol. The van der Waals surface area contributed by atoms with Gasteiger partial charge >= 0.3 is 0 Å². The van der Waals surface area contributed by atoms with E-state index in [0.29, 0.717) is 28.2 Å². The molecule has 0 saturated heterocycles. The molecule has 2 heterocycles. The maximum absolute atomic E-state index is 12.3. The Balaban J connectivity index is 1.93. The van der Waals surface area contributed by atoms with Crippen LogP contribution in [0.15, 0.2) is 68.2 Å². The van der Waals surface area contributed by atoms with Gasteiger partial charge < -0.3 is 13.6 Å². The van der Waals surface area contributed by atoms with E-state index in [2.05, 4.69) is 0 Å². The highest BCUT2D eigenvalue weighted by molar-refractivity contribution is 5.84. The fraction of sp³-hybridized carbons (Fsp3) is 0.0556. The van der Waals surface area contributed by atoms with E-state index in [1.165, 1.54) is 6.07 Å². The van der Waals surface area contributed by atoms with Crippen LogP contribution in [0.1, 0.15) is 0 Å². The van der Waals surface area contributed by atoms with Crippen molar-refractivity contribution >= 4 is 21.9 Å². The molecule has 0 spiro atoms. The molecule has 22 heavy (non-hydrogen) atoms. The molecule has 4 aromatic rings. The Bertz CT molecular complexity index is 1010. The quantitative estimate of drug-likeness (QED) is 0.555. The zero-order valence-corrected chi connectivity index (χ0v) is 11.8. The Morgan fingerprint density at radius 2 is 1.64 bits per heavy atom. The molecule has 0 unspecified atom stereocenters. The molecule has 0 saturated carbocycles. The lowest BCUT2D eigenvalue weighted by molar-refractivity contribution is 0.415. The van der Waals surface area contributed by atoms with Gasteiger partial charge in [0.25, 0.3) is 0 Å². The molecule has 0 fully saturated rings. The van der Waals surface area contributed by atoms with E-state index in [9.17, 15) is 4.79 Å². The first-order valence-corrected chi connectivity index (χ1v) is 6.85. The van der Waals surface area contributed by atoms with Crippen molar-refractivity contribution in [3.63, 3.8) is 0 Å². The van der Waals surface area contributed by atoms with Crippen molar-refractivity contribution in [2.75, 3.05) is 7.11 Å². The molecule has 108 valence electrons. The highest BCUT2D eigenvalue weighted by Gasteiger charge is 2.12. The molecule has 0 N–H and O–H groups in total. The number of hydrogen-bond donors (Lipinski definition) is 0. The second-order valence-electron chi connectivity index (χ2n) is 4.99. The lowest BCUT2D eigenvalue weighted by Crippen LogP contribution is -2.00. The Morgan fingerprint density at radius 3 is 2.45 bits per heavy atom. The van der Waals surface area contributed by atoms with Crippen LogP contribution in [0.2, 0.25) is 0 Å². The summed E-state index contributed by atoms with van der Waals surface area (Å²) in [5, 5.41) is 1.45. The minimum Gasteiger partial charge on any atom is -0.497 e. The molecule has 0 amide bonds. The second-order valence-corrected chi connectivity index (χ2v) is 4.99. The van der Waals surface area contributed by atoms with Crippen LogP contribution in [0.3, 0.4) is 0 Å². The summed E-state index contributed by atoms with van der Waals surface area (Å²) in [6.45, 7) is 0. The van der Waals surface area contributed by atoms with Crippen molar-refractivity contribution in [3.05, 3.63) is 64.8 Å². The molecule has 2 aromatic heterocycles.